The van der Waals surface area contributed by atoms with Gasteiger partial charge < -0.3 is 15.4 Å². The third-order valence-electron chi connectivity index (χ3n) is 6.40. The molecule has 2 aromatic heterocycles. The maximum absolute atomic E-state index is 12.4. The SMILES string of the molecule is O=C(CSc1ccc(Cl)cc1)Nc1nc(-c2ccc(Oc3ccc(-c4csc(NC(=O)CSc5ccc(Cl)cc5)n4)cc3)cc2)cs1. The fraction of sp³-hybridized carbons (Fsp3) is 0.0588. The highest BCUT2D eigenvalue weighted by Crippen LogP contribution is 2.31. The Kier molecular flexibility index (Phi) is 11.1. The zero-order chi connectivity index (χ0) is 32.6. The zero-order valence-electron chi connectivity index (χ0n) is 24.3. The van der Waals surface area contributed by atoms with Crippen LogP contribution in [0.2, 0.25) is 10.0 Å². The summed E-state index contributed by atoms with van der Waals surface area (Å²) in [6.45, 7) is 0. The Hall–Kier alpha value is -3.84. The van der Waals surface area contributed by atoms with Crippen LogP contribution in [-0.2, 0) is 9.59 Å². The Labute approximate surface area is 297 Å². The maximum atomic E-state index is 12.4. The first-order valence-electron chi connectivity index (χ1n) is 14.0. The molecule has 47 heavy (non-hydrogen) atoms. The lowest BCUT2D eigenvalue weighted by atomic mass is 10.1. The second kappa shape index (κ2) is 15.8. The first-order valence-corrected chi connectivity index (χ1v) is 18.5. The van der Waals surface area contributed by atoms with E-state index in [2.05, 4.69) is 20.6 Å². The number of benzene rings is 4. The lowest BCUT2D eigenvalue weighted by Gasteiger charge is -2.07. The van der Waals surface area contributed by atoms with Gasteiger partial charge in [0.15, 0.2) is 10.3 Å². The maximum Gasteiger partial charge on any atom is 0.236 e. The van der Waals surface area contributed by atoms with E-state index < -0.39 is 0 Å². The van der Waals surface area contributed by atoms with Gasteiger partial charge >= 0.3 is 0 Å². The molecule has 0 bridgehead atoms. The van der Waals surface area contributed by atoms with Crippen LogP contribution in [0.15, 0.2) is 118 Å². The molecule has 0 unspecified atom stereocenters. The molecule has 2 amide bonds. The minimum absolute atomic E-state index is 0.122. The molecule has 0 saturated carbocycles. The summed E-state index contributed by atoms with van der Waals surface area (Å²) in [7, 11) is 0. The molecule has 236 valence electrons. The van der Waals surface area contributed by atoms with Crippen LogP contribution in [0.25, 0.3) is 22.5 Å². The molecule has 0 fully saturated rings. The summed E-state index contributed by atoms with van der Waals surface area (Å²) in [4.78, 5) is 35.9. The molecule has 7 nitrogen and oxygen atoms in total. The van der Waals surface area contributed by atoms with Gasteiger partial charge in [0.2, 0.25) is 11.8 Å². The predicted octanol–water partition coefficient (Wildman–Crippen LogP) is 10.5. The van der Waals surface area contributed by atoms with E-state index in [1.165, 1.54) is 46.2 Å². The van der Waals surface area contributed by atoms with Crippen LogP contribution < -0.4 is 15.4 Å². The third kappa shape index (κ3) is 9.60. The van der Waals surface area contributed by atoms with Crippen LogP contribution in [0.4, 0.5) is 10.3 Å². The molecule has 0 radical (unpaired) electrons. The average Bonchev–Trinajstić information content (AvgIpc) is 3.75. The van der Waals surface area contributed by atoms with Crippen LogP contribution in [0, 0.1) is 0 Å². The summed E-state index contributed by atoms with van der Waals surface area (Å²) >= 11 is 17.5. The predicted molar refractivity (Wildman–Crippen MR) is 197 cm³/mol. The van der Waals surface area contributed by atoms with E-state index in [4.69, 9.17) is 27.9 Å². The van der Waals surface area contributed by atoms with Gasteiger partial charge in [0.1, 0.15) is 11.5 Å². The molecule has 6 aromatic rings. The quantitative estimate of drug-likeness (QED) is 0.121. The number of hydrogen-bond donors (Lipinski definition) is 2. The molecule has 4 aromatic carbocycles. The van der Waals surface area contributed by atoms with Gasteiger partial charge in [0, 0.05) is 41.7 Å². The summed E-state index contributed by atoms with van der Waals surface area (Å²) in [6, 6.07) is 30.0. The smallest absolute Gasteiger partial charge is 0.236 e. The van der Waals surface area contributed by atoms with Gasteiger partial charge in [-0.05, 0) is 97.1 Å². The summed E-state index contributed by atoms with van der Waals surface area (Å²) in [5.74, 6) is 1.67. The fourth-order valence-electron chi connectivity index (χ4n) is 4.12. The highest BCUT2D eigenvalue weighted by atomic mass is 35.5. The number of amides is 2. The molecule has 0 saturated heterocycles. The van der Waals surface area contributed by atoms with Gasteiger partial charge in [-0.2, -0.15) is 0 Å². The lowest BCUT2D eigenvalue weighted by molar-refractivity contribution is -0.114. The minimum Gasteiger partial charge on any atom is -0.457 e. The first-order chi connectivity index (χ1) is 22.9. The average molecular weight is 736 g/mol. The molecule has 13 heteroatoms. The van der Waals surface area contributed by atoms with Crippen molar-refractivity contribution in [1.29, 1.82) is 0 Å². The number of rotatable bonds is 12. The Bertz CT molecular complexity index is 1820. The van der Waals surface area contributed by atoms with Crippen LogP contribution in [0.1, 0.15) is 0 Å². The van der Waals surface area contributed by atoms with E-state index in [9.17, 15) is 9.59 Å². The van der Waals surface area contributed by atoms with Crippen molar-refractivity contribution in [3.05, 3.63) is 118 Å². The van der Waals surface area contributed by atoms with Gasteiger partial charge in [-0.1, -0.05) is 23.2 Å². The number of thioether (sulfide) groups is 2. The Morgan fingerprint density at radius 1 is 0.596 bits per heavy atom. The second-order valence-corrected chi connectivity index (χ2v) is 14.5. The first kappa shape index (κ1) is 33.1. The van der Waals surface area contributed by atoms with E-state index in [-0.39, 0.29) is 23.3 Å². The normalized spacial score (nSPS) is 10.9. The minimum atomic E-state index is -0.122. The van der Waals surface area contributed by atoms with Crippen molar-refractivity contribution in [2.24, 2.45) is 0 Å². The van der Waals surface area contributed by atoms with Crippen LogP contribution in [-0.4, -0.2) is 33.3 Å². The number of anilines is 2. The van der Waals surface area contributed by atoms with Gasteiger partial charge in [-0.3, -0.25) is 9.59 Å². The van der Waals surface area contributed by atoms with Crippen LogP contribution in [0.3, 0.4) is 0 Å². The van der Waals surface area contributed by atoms with Crippen molar-refractivity contribution in [1.82, 2.24) is 9.97 Å². The monoisotopic (exact) mass is 734 g/mol. The Morgan fingerprint density at radius 3 is 1.36 bits per heavy atom. The summed E-state index contributed by atoms with van der Waals surface area (Å²) in [5.41, 5.74) is 3.36. The molecule has 0 aliphatic carbocycles. The number of carbonyl (C=O) groups excluding carboxylic acids is 2. The van der Waals surface area contributed by atoms with Crippen molar-refractivity contribution < 1.29 is 14.3 Å². The molecule has 6 rings (SSSR count). The third-order valence-corrected chi connectivity index (χ3v) is 10.4. The molecule has 2 N–H and O–H groups in total. The van der Waals surface area contributed by atoms with Crippen molar-refractivity contribution in [2.75, 3.05) is 22.1 Å². The lowest BCUT2D eigenvalue weighted by Crippen LogP contribution is -2.13. The Morgan fingerprint density at radius 2 is 0.979 bits per heavy atom. The summed E-state index contributed by atoms with van der Waals surface area (Å²) in [6.07, 6.45) is 0. The van der Waals surface area contributed by atoms with E-state index in [0.29, 0.717) is 31.8 Å². The topological polar surface area (TPSA) is 93.2 Å². The van der Waals surface area contributed by atoms with E-state index in [0.717, 1.165) is 32.3 Å². The number of ether oxygens (including phenoxy) is 1. The second-order valence-electron chi connectivity index (χ2n) is 9.81. The number of hydrogen-bond acceptors (Lipinski definition) is 9. The number of aromatic nitrogens is 2. The number of nitrogens with zero attached hydrogens (tertiary/aromatic N) is 2. The highest BCUT2D eigenvalue weighted by Gasteiger charge is 2.11. The van der Waals surface area contributed by atoms with Crippen molar-refractivity contribution >= 4 is 91.5 Å². The molecule has 0 aliphatic heterocycles. The zero-order valence-corrected chi connectivity index (χ0v) is 29.1. The van der Waals surface area contributed by atoms with Gasteiger partial charge in [-0.25, -0.2) is 9.97 Å². The number of halogens is 2. The number of carbonyl (C=O) groups is 2. The van der Waals surface area contributed by atoms with Gasteiger partial charge in [-0.15, -0.1) is 46.2 Å². The molecule has 0 spiro atoms. The molecular weight excluding hydrogens is 712 g/mol. The van der Waals surface area contributed by atoms with Gasteiger partial charge in [0.25, 0.3) is 0 Å². The fourth-order valence-corrected chi connectivity index (χ4v) is 7.24. The van der Waals surface area contributed by atoms with E-state index >= 15 is 0 Å². The Balaban J connectivity index is 0.975. The van der Waals surface area contributed by atoms with E-state index in [1.807, 2.05) is 83.6 Å². The van der Waals surface area contributed by atoms with E-state index in [1.54, 1.807) is 24.3 Å². The standard InChI is InChI=1S/C34H24Cl2N4O3S4/c35-23-5-13-27(14-6-23)44-19-31(41)39-33-37-29(17-46-33)21-1-9-25(10-2-21)43-26-11-3-22(4-12-26)30-18-47-34(38-30)40-32(42)20-45-28-15-7-24(36)8-16-28/h1-18H,19-20H2,(H,37,39,41)(H,38,40,42). The molecule has 2 heterocycles. The van der Waals surface area contributed by atoms with Crippen LogP contribution >= 0.6 is 69.4 Å². The summed E-state index contributed by atoms with van der Waals surface area (Å²) in [5, 5.41) is 12.0. The van der Waals surface area contributed by atoms with Crippen molar-refractivity contribution in [2.45, 2.75) is 9.79 Å². The van der Waals surface area contributed by atoms with Crippen molar-refractivity contribution in [3.63, 3.8) is 0 Å². The van der Waals surface area contributed by atoms with Gasteiger partial charge in [0.05, 0.1) is 22.9 Å². The molecule has 0 aliphatic rings. The summed E-state index contributed by atoms with van der Waals surface area (Å²) < 4.78 is 6.05. The number of nitrogens with one attached hydrogen (secondary N) is 2. The van der Waals surface area contributed by atoms with Crippen molar-refractivity contribution in [3.8, 4) is 34.0 Å². The van der Waals surface area contributed by atoms with Crippen LogP contribution in [0.5, 0.6) is 11.5 Å². The molecular formula is C34H24Cl2N4O3S4. The molecule has 0 atom stereocenters. The highest BCUT2D eigenvalue weighted by molar-refractivity contribution is 8.00. The largest absolute Gasteiger partial charge is 0.457 e. The number of thiazole rings is 2.